The molecule has 0 aliphatic carbocycles. The number of nitrogens with one attached hydrogen (secondary N) is 1. The summed E-state index contributed by atoms with van der Waals surface area (Å²) in [7, 11) is 2.03. The summed E-state index contributed by atoms with van der Waals surface area (Å²) in [5.41, 5.74) is 3.78. The van der Waals surface area contributed by atoms with Crippen molar-refractivity contribution in [1.82, 2.24) is 15.1 Å². The van der Waals surface area contributed by atoms with Crippen LogP contribution < -0.4 is 5.32 Å². The van der Waals surface area contributed by atoms with Crippen LogP contribution in [0.4, 0.5) is 0 Å². The quantitative estimate of drug-likeness (QED) is 0.898. The lowest BCUT2D eigenvalue weighted by Crippen LogP contribution is -2.20. The van der Waals surface area contributed by atoms with Crippen LogP contribution in [0.3, 0.4) is 0 Å². The van der Waals surface area contributed by atoms with Crippen LogP contribution in [-0.4, -0.2) is 16.8 Å². The van der Waals surface area contributed by atoms with E-state index in [4.69, 9.17) is 0 Å². The van der Waals surface area contributed by atoms with Gasteiger partial charge in [-0.3, -0.25) is 4.68 Å². The number of hydrogen-bond donors (Lipinski definition) is 1. The highest BCUT2D eigenvalue weighted by Gasteiger charge is 2.16. The van der Waals surface area contributed by atoms with Crippen LogP contribution in [0.5, 0.6) is 0 Å². The minimum atomic E-state index is 0.381. The van der Waals surface area contributed by atoms with Crippen molar-refractivity contribution in [3.63, 3.8) is 0 Å². The van der Waals surface area contributed by atoms with Gasteiger partial charge in [0, 0.05) is 29.6 Å². The van der Waals surface area contributed by atoms with Crippen LogP contribution in [0.25, 0.3) is 0 Å². The Morgan fingerprint density at radius 3 is 2.78 bits per heavy atom. The maximum atomic E-state index is 4.51. The molecule has 0 fully saturated rings. The van der Waals surface area contributed by atoms with Crippen molar-refractivity contribution in [2.45, 2.75) is 39.8 Å². The Morgan fingerprint density at radius 2 is 2.22 bits per heavy atom. The van der Waals surface area contributed by atoms with E-state index in [1.165, 1.54) is 16.1 Å². The molecule has 98 valence electrons. The normalized spacial score (nSPS) is 12.9. The molecule has 1 N–H and O–H groups in total. The molecule has 0 spiro atoms. The average molecular weight is 263 g/mol. The highest BCUT2D eigenvalue weighted by Crippen LogP contribution is 2.26. The van der Waals surface area contributed by atoms with Crippen LogP contribution in [0.15, 0.2) is 17.5 Å². The van der Waals surface area contributed by atoms with E-state index in [9.17, 15) is 0 Å². The molecular formula is C14H21N3S. The van der Waals surface area contributed by atoms with Gasteiger partial charge >= 0.3 is 0 Å². The third kappa shape index (κ3) is 2.65. The summed E-state index contributed by atoms with van der Waals surface area (Å²) in [6, 6.07) is 4.76. The van der Waals surface area contributed by atoms with E-state index in [2.05, 4.69) is 53.4 Å². The maximum Gasteiger partial charge on any atom is 0.0596 e. The van der Waals surface area contributed by atoms with Gasteiger partial charge in [0.2, 0.25) is 0 Å². The summed E-state index contributed by atoms with van der Waals surface area (Å²) >= 11 is 1.83. The van der Waals surface area contributed by atoms with Gasteiger partial charge in [-0.1, -0.05) is 0 Å². The first-order chi connectivity index (χ1) is 8.65. The molecule has 0 aromatic carbocycles. The van der Waals surface area contributed by atoms with E-state index in [1.54, 1.807) is 0 Å². The molecule has 2 aromatic heterocycles. The van der Waals surface area contributed by atoms with E-state index in [0.29, 0.717) is 6.04 Å². The zero-order valence-electron chi connectivity index (χ0n) is 11.5. The summed E-state index contributed by atoms with van der Waals surface area (Å²) in [5.74, 6) is 0. The van der Waals surface area contributed by atoms with Crippen LogP contribution >= 0.6 is 11.3 Å². The molecule has 0 saturated heterocycles. The molecule has 18 heavy (non-hydrogen) atoms. The van der Waals surface area contributed by atoms with Gasteiger partial charge in [-0.15, -0.1) is 11.3 Å². The smallest absolute Gasteiger partial charge is 0.0596 e. The van der Waals surface area contributed by atoms with Gasteiger partial charge in [-0.25, -0.2) is 0 Å². The number of rotatable bonds is 5. The SMILES string of the molecule is CCn1nc(C)cc1CC(NC)c1sccc1C. The van der Waals surface area contributed by atoms with Crippen LogP contribution in [0.1, 0.15) is 34.8 Å². The van der Waals surface area contributed by atoms with Crippen molar-refractivity contribution < 1.29 is 0 Å². The largest absolute Gasteiger partial charge is 0.312 e. The Morgan fingerprint density at radius 1 is 1.44 bits per heavy atom. The van der Waals surface area contributed by atoms with E-state index in [1.807, 2.05) is 18.4 Å². The second-order valence-electron chi connectivity index (χ2n) is 4.61. The first-order valence-corrected chi connectivity index (χ1v) is 7.28. The van der Waals surface area contributed by atoms with Crippen molar-refractivity contribution in [2.24, 2.45) is 0 Å². The fourth-order valence-corrected chi connectivity index (χ4v) is 3.35. The minimum absolute atomic E-state index is 0.381. The van der Waals surface area contributed by atoms with E-state index in [0.717, 1.165) is 18.7 Å². The van der Waals surface area contributed by atoms with Gasteiger partial charge in [0.15, 0.2) is 0 Å². The molecule has 0 aliphatic heterocycles. The third-order valence-electron chi connectivity index (χ3n) is 3.26. The molecule has 0 aliphatic rings. The molecule has 0 bridgehead atoms. The van der Waals surface area contributed by atoms with Gasteiger partial charge in [-0.2, -0.15) is 5.10 Å². The highest BCUT2D eigenvalue weighted by molar-refractivity contribution is 7.10. The summed E-state index contributed by atoms with van der Waals surface area (Å²) < 4.78 is 2.10. The van der Waals surface area contributed by atoms with Crippen LogP contribution in [0, 0.1) is 13.8 Å². The van der Waals surface area contributed by atoms with Crippen LogP contribution in [0.2, 0.25) is 0 Å². The number of nitrogens with zero attached hydrogens (tertiary/aromatic N) is 2. The zero-order chi connectivity index (χ0) is 13.1. The molecule has 0 radical (unpaired) electrons. The van der Waals surface area contributed by atoms with Crippen LogP contribution in [-0.2, 0) is 13.0 Å². The van der Waals surface area contributed by atoms with Gasteiger partial charge in [0.25, 0.3) is 0 Å². The van der Waals surface area contributed by atoms with Crippen molar-refractivity contribution in [2.75, 3.05) is 7.05 Å². The lowest BCUT2D eigenvalue weighted by molar-refractivity contribution is 0.545. The fourth-order valence-electron chi connectivity index (χ4n) is 2.31. The molecule has 2 rings (SSSR count). The lowest BCUT2D eigenvalue weighted by Gasteiger charge is -2.16. The molecule has 2 heterocycles. The molecule has 1 atom stereocenters. The highest BCUT2D eigenvalue weighted by atomic mass is 32.1. The van der Waals surface area contributed by atoms with Gasteiger partial charge in [0.1, 0.15) is 0 Å². The zero-order valence-corrected chi connectivity index (χ0v) is 12.3. The summed E-state index contributed by atoms with van der Waals surface area (Å²) in [6.07, 6.45) is 0.993. The minimum Gasteiger partial charge on any atom is -0.312 e. The molecular weight excluding hydrogens is 242 g/mol. The third-order valence-corrected chi connectivity index (χ3v) is 4.40. The predicted octanol–water partition coefficient (Wildman–Crippen LogP) is 3.08. The Labute approximate surface area is 113 Å². The van der Waals surface area contributed by atoms with E-state index < -0.39 is 0 Å². The predicted molar refractivity (Wildman–Crippen MR) is 77.2 cm³/mol. The summed E-state index contributed by atoms with van der Waals surface area (Å²) in [5, 5.41) is 10.1. The molecule has 4 heteroatoms. The number of likely N-dealkylation sites (N-methyl/N-ethyl adjacent to an activating group) is 1. The van der Waals surface area contributed by atoms with Crippen molar-refractivity contribution in [3.05, 3.63) is 39.3 Å². The van der Waals surface area contributed by atoms with Gasteiger partial charge in [-0.05, 0) is 50.9 Å². The van der Waals surface area contributed by atoms with Crippen molar-refractivity contribution >= 4 is 11.3 Å². The fraction of sp³-hybridized carbons (Fsp3) is 0.500. The summed E-state index contributed by atoms with van der Waals surface area (Å²) in [4.78, 5) is 1.43. The van der Waals surface area contributed by atoms with Crippen molar-refractivity contribution in [1.29, 1.82) is 0 Å². The average Bonchev–Trinajstić information content (AvgIpc) is 2.92. The number of aromatic nitrogens is 2. The first-order valence-electron chi connectivity index (χ1n) is 6.40. The molecule has 3 nitrogen and oxygen atoms in total. The Hall–Kier alpha value is -1.13. The Kier molecular flexibility index (Phi) is 4.19. The second kappa shape index (κ2) is 5.67. The van der Waals surface area contributed by atoms with E-state index >= 15 is 0 Å². The second-order valence-corrected chi connectivity index (χ2v) is 5.55. The molecule has 0 saturated carbocycles. The van der Waals surface area contributed by atoms with Gasteiger partial charge < -0.3 is 5.32 Å². The first kappa shape index (κ1) is 13.3. The molecule has 0 amide bonds. The topological polar surface area (TPSA) is 29.9 Å². The standard InChI is InChI=1S/C14H21N3S/c1-5-17-12(8-11(3)16-17)9-13(15-4)14-10(2)6-7-18-14/h6-8,13,15H,5,9H2,1-4H3. The number of thiophene rings is 1. The van der Waals surface area contributed by atoms with Crippen molar-refractivity contribution in [3.8, 4) is 0 Å². The van der Waals surface area contributed by atoms with Gasteiger partial charge in [0.05, 0.1) is 5.69 Å². The number of aryl methyl sites for hydroxylation is 3. The number of hydrogen-bond acceptors (Lipinski definition) is 3. The Bertz CT molecular complexity index is 513. The summed E-state index contributed by atoms with van der Waals surface area (Å²) in [6.45, 7) is 7.31. The monoisotopic (exact) mass is 263 g/mol. The molecule has 1 unspecified atom stereocenters. The maximum absolute atomic E-state index is 4.51. The Balaban J connectivity index is 2.23. The van der Waals surface area contributed by atoms with E-state index in [-0.39, 0.29) is 0 Å². The lowest BCUT2D eigenvalue weighted by atomic mass is 10.1. The molecule has 2 aromatic rings.